The van der Waals surface area contributed by atoms with Crippen molar-refractivity contribution in [3.05, 3.63) is 32.6 Å². The topological polar surface area (TPSA) is 128 Å². The lowest BCUT2D eigenvalue weighted by atomic mass is 10.1. The molecule has 24 heavy (non-hydrogen) atoms. The van der Waals surface area contributed by atoms with Crippen LogP contribution in [-0.2, 0) is 11.3 Å². The molecule has 2 aliphatic heterocycles. The summed E-state index contributed by atoms with van der Waals surface area (Å²) < 4.78 is 6.44. The van der Waals surface area contributed by atoms with Gasteiger partial charge in [-0.15, -0.1) is 0 Å². The van der Waals surface area contributed by atoms with E-state index in [0.717, 1.165) is 30.5 Å². The van der Waals surface area contributed by atoms with Gasteiger partial charge in [0.1, 0.15) is 18.3 Å². The maximum atomic E-state index is 12.1. The zero-order valence-electron chi connectivity index (χ0n) is 13.3. The van der Waals surface area contributed by atoms with Crippen molar-refractivity contribution in [2.75, 3.05) is 19.7 Å². The van der Waals surface area contributed by atoms with Gasteiger partial charge in [-0.05, 0) is 25.9 Å². The second-order valence-corrected chi connectivity index (χ2v) is 6.39. The Morgan fingerprint density at radius 3 is 2.50 bits per heavy atom. The average molecular weight is 341 g/mol. The number of ether oxygens (including phenoxy) is 1. The maximum Gasteiger partial charge on any atom is 0.330 e. The first kappa shape index (κ1) is 17.3. The molecule has 0 aliphatic carbocycles. The van der Waals surface area contributed by atoms with Crippen molar-refractivity contribution in [1.82, 2.24) is 14.5 Å². The van der Waals surface area contributed by atoms with Crippen molar-refractivity contribution >= 4 is 0 Å². The summed E-state index contributed by atoms with van der Waals surface area (Å²) in [5.74, 6) is 0. The van der Waals surface area contributed by atoms with E-state index in [9.17, 15) is 19.8 Å². The fraction of sp³-hybridized carbons (Fsp3) is 0.733. The van der Waals surface area contributed by atoms with Crippen molar-refractivity contribution in [3.8, 4) is 0 Å². The van der Waals surface area contributed by atoms with Crippen LogP contribution in [0.25, 0.3) is 0 Å². The number of nitrogens with zero attached hydrogens (tertiary/aromatic N) is 2. The van der Waals surface area contributed by atoms with Gasteiger partial charge in [-0.1, -0.05) is 6.42 Å². The minimum absolute atomic E-state index is 0.397. The number of aromatic nitrogens is 2. The van der Waals surface area contributed by atoms with Crippen LogP contribution in [0.15, 0.2) is 15.8 Å². The summed E-state index contributed by atoms with van der Waals surface area (Å²) in [6, 6.07) is 0. The minimum Gasteiger partial charge on any atom is -0.394 e. The van der Waals surface area contributed by atoms with E-state index in [2.05, 4.69) is 9.88 Å². The Hall–Kier alpha value is -1.52. The lowest BCUT2D eigenvalue weighted by Gasteiger charge is -2.26. The molecule has 134 valence electrons. The summed E-state index contributed by atoms with van der Waals surface area (Å²) in [4.78, 5) is 28.5. The highest BCUT2D eigenvalue weighted by molar-refractivity contribution is 5.06. The first-order valence-corrected chi connectivity index (χ1v) is 8.20. The molecule has 1 aromatic heterocycles. The molecule has 9 nitrogen and oxygen atoms in total. The number of nitrogens with one attached hydrogen (secondary N) is 1. The molecule has 4 atom stereocenters. The molecular weight excluding hydrogens is 318 g/mol. The number of piperidine rings is 1. The first-order chi connectivity index (χ1) is 11.5. The van der Waals surface area contributed by atoms with E-state index in [4.69, 9.17) is 9.84 Å². The van der Waals surface area contributed by atoms with Crippen molar-refractivity contribution in [1.29, 1.82) is 0 Å². The number of hydrogen-bond donors (Lipinski definition) is 4. The summed E-state index contributed by atoms with van der Waals surface area (Å²) in [7, 11) is 0. The molecule has 0 radical (unpaired) electrons. The van der Waals surface area contributed by atoms with E-state index in [-0.39, 0.29) is 0 Å². The normalized spacial score (nSPS) is 31.5. The van der Waals surface area contributed by atoms with Gasteiger partial charge in [0.2, 0.25) is 0 Å². The van der Waals surface area contributed by atoms with Crippen LogP contribution in [0.3, 0.4) is 0 Å². The number of aromatic amines is 1. The molecule has 0 amide bonds. The third-order valence-corrected chi connectivity index (χ3v) is 4.68. The Morgan fingerprint density at radius 1 is 1.17 bits per heavy atom. The van der Waals surface area contributed by atoms with Crippen LogP contribution in [0.2, 0.25) is 0 Å². The molecular formula is C15H23N3O6. The number of hydrogen-bond acceptors (Lipinski definition) is 7. The number of rotatable bonds is 4. The van der Waals surface area contributed by atoms with E-state index in [1.165, 1.54) is 12.6 Å². The summed E-state index contributed by atoms with van der Waals surface area (Å²) in [6.07, 6.45) is -0.0991. The van der Waals surface area contributed by atoms with Crippen LogP contribution in [0.5, 0.6) is 0 Å². The summed E-state index contributed by atoms with van der Waals surface area (Å²) >= 11 is 0. The van der Waals surface area contributed by atoms with E-state index in [1.807, 2.05) is 0 Å². The molecule has 0 saturated carbocycles. The number of aliphatic hydroxyl groups is 3. The second kappa shape index (κ2) is 7.16. The van der Waals surface area contributed by atoms with Crippen LogP contribution < -0.4 is 11.2 Å². The molecule has 4 N–H and O–H groups in total. The van der Waals surface area contributed by atoms with E-state index >= 15 is 0 Å². The summed E-state index contributed by atoms with van der Waals surface area (Å²) in [5, 5.41) is 29.1. The lowest BCUT2D eigenvalue weighted by Crippen LogP contribution is -2.40. The van der Waals surface area contributed by atoms with Gasteiger partial charge in [-0.3, -0.25) is 19.2 Å². The van der Waals surface area contributed by atoms with Gasteiger partial charge in [-0.2, -0.15) is 0 Å². The van der Waals surface area contributed by atoms with Crippen LogP contribution in [0.4, 0.5) is 0 Å². The third-order valence-electron chi connectivity index (χ3n) is 4.68. The van der Waals surface area contributed by atoms with Gasteiger partial charge >= 0.3 is 5.69 Å². The van der Waals surface area contributed by atoms with Crippen molar-refractivity contribution in [3.63, 3.8) is 0 Å². The molecule has 0 bridgehead atoms. The van der Waals surface area contributed by atoms with Crippen LogP contribution in [-0.4, -0.2) is 67.8 Å². The molecule has 3 rings (SSSR count). The van der Waals surface area contributed by atoms with Crippen LogP contribution in [0, 0.1) is 0 Å². The monoisotopic (exact) mass is 341 g/mol. The van der Waals surface area contributed by atoms with Gasteiger partial charge in [0.25, 0.3) is 5.56 Å². The highest BCUT2D eigenvalue weighted by Crippen LogP contribution is 2.28. The summed E-state index contributed by atoms with van der Waals surface area (Å²) in [5.41, 5.74) is -0.792. The fourth-order valence-corrected chi connectivity index (χ4v) is 3.30. The molecule has 0 spiro atoms. The molecule has 0 aromatic carbocycles. The van der Waals surface area contributed by atoms with E-state index in [1.54, 1.807) is 0 Å². The molecule has 2 saturated heterocycles. The van der Waals surface area contributed by atoms with Gasteiger partial charge in [0.15, 0.2) is 6.23 Å². The van der Waals surface area contributed by atoms with Crippen molar-refractivity contribution in [2.45, 2.75) is 50.3 Å². The number of H-pyrrole nitrogens is 1. The number of likely N-dealkylation sites (tertiary alicyclic amines) is 1. The maximum absolute atomic E-state index is 12.1. The second-order valence-electron chi connectivity index (χ2n) is 6.39. The van der Waals surface area contributed by atoms with Crippen LogP contribution >= 0.6 is 0 Å². The highest BCUT2D eigenvalue weighted by atomic mass is 16.6. The van der Waals surface area contributed by atoms with Gasteiger partial charge < -0.3 is 20.1 Å². The molecule has 2 fully saturated rings. The van der Waals surface area contributed by atoms with Crippen molar-refractivity contribution < 1.29 is 20.1 Å². The Balaban J connectivity index is 1.87. The fourth-order valence-electron chi connectivity index (χ4n) is 3.30. The molecule has 1 aromatic rings. The highest BCUT2D eigenvalue weighted by Gasteiger charge is 2.43. The van der Waals surface area contributed by atoms with Gasteiger partial charge in [-0.25, -0.2) is 4.79 Å². The SMILES string of the molecule is O=c1[nH]c(=O)n([C@H]2O[C@@H](CO)C(O)C2O)cc1CN1CCCCC1. The Kier molecular flexibility index (Phi) is 5.16. The standard InChI is InChI=1S/C15H23N3O6/c19-8-10-11(20)12(21)14(24-10)18-7-9(13(22)16-15(18)23)6-17-4-2-1-3-5-17/h7,10-12,14,19-21H,1-6,8H2,(H,16,22,23)/t10-,11?,12?,14-/m0/s1. The molecule has 3 heterocycles. The molecule has 2 aliphatic rings. The Bertz CT molecular complexity index is 681. The van der Waals surface area contributed by atoms with Gasteiger partial charge in [0.05, 0.1) is 6.61 Å². The quantitative estimate of drug-likeness (QED) is 0.505. The molecule has 2 unspecified atom stereocenters. The first-order valence-electron chi connectivity index (χ1n) is 8.20. The van der Waals surface area contributed by atoms with Gasteiger partial charge in [0, 0.05) is 18.3 Å². The minimum atomic E-state index is -1.37. The third kappa shape index (κ3) is 3.31. The largest absolute Gasteiger partial charge is 0.394 e. The number of aliphatic hydroxyl groups excluding tert-OH is 3. The zero-order chi connectivity index (χ0) is 17.3. The predicted octanol–water partition coefficient (Wildman–Crippen LogP) is -1.87. The predicted molar refractivity (Wildman–Crippen MR) is 83.5 cm³/mol. The van der Waals surface area contributed by atoms with Crippen LogP contribution in [0.1, 0.15) is 31.1 Å². The summed E-state index contributed by atoms with van der Waals surface area (Å²) in [6.45, 7) is 1.72. The smallest absolute Gasteiger partial charge is 0.330 e. The Labute approximate surface area is 138 Å². The molecule has 9 heteroatoms. The van der Waals surface area contributed by atoms with Crippen molar-refractivity contribution in [2.24, 2.45) is 0 Å². The Morgan fingerprint density at radius 2 is 1.88 bits per heavy atom. The lowest BCUT2D eigenvalue weighted by molar-refractivity contribution is -0.0552. The zero-order valence-corrected chi connectivity index (χ0v) is 13.3. The van der Waals surface area contributed by atoms with E-state index < -0.39 is 42.4 Å². The van der Waals surface area contributed by atoms with E-state index in [0.29, 0.717) is 12.1 Å². The average Bonchev–Trinajstić information content (AvgIpc) is 2.86.